The Morgan fingerprint density at radius 3 is 2.93 bits per heavy atom. The molecule has 5 heteroatoms. The molecule has 0 bridgehead atoms. The first-order valence-electron chi connectivity index (χ1n) is 4.47. The van der Waals surface area contributed by atoms with E-state index in [4.69, 9.17) is 6.92 Å². The fraction of sp³-hybridized carbons (Fsp3) is 0.400. The average Bonchev–Trinajstić information content (AvgIpc) is 2.24. The molecule has 80 valence electrons. The topological polar surface area (TPSA) is 46.1 Å². The number of carbonyl (C=O) groups excluding carboxylic acids is 1. The van der Waals surface area contributed by atoms with Gasteiger partial charge in [0.25, 0.3) is 5.91 Å². The minimum absolute atomic E-state index is 0.149. The second kappa shape index (κ2) is 5.70. The van der Waals surface area contributed by atoms with Crippen molar-refractivity contribution in [1.29, 1.82) is 0 Å². The maximum atomic E-state index is 11.8. The number of hydrogen-bond donors (Lipinski definition) is 0. The largest absolute Gasteiger partial charge is 0.339 e. The SMILES string of the molecule is [CH]c1cncc(C(=O)N(C)CCSC)n1. The highest BCUT2D eigenvalue weighted by molar-refractivity contribution is 7.98. The number of rotatable bonds is 4. The van der Waals surface area contributed by atoms with Crippen molar-refractivity contribution in [2.24, 2.45) is 0 Å². The molecule has 0 spiro atoms. The van der Waals surface area contributed by atoms with Crippen LogP contribution < -0.4 is 0 Å². The summed E-state index contributed by atoms with van der Waals surface area (Å²) in [5.41, 5.74) is 0.553. The van der Waals surface area contributed by atoms with Crippen molar-refractivity contribution in [3.05, 3.63) is 30.7 Å². The van der Waals surface area contributed by atoms with Crippen molar-refractivity contribution in [2.75, 3.05) is 25.6 Å². The van der Waals surface area contributed by atoms with E-state index in [2.05, 4.69) is 9.97 Å². The van der Waals surface area contributed by atoms with Gasteiger partial charge < -0.3 is 4.90 Å². The molecule has 4 nitrogen and oxygen atoms in total. The van der Waals surface area contributed by atoms with Crippen molar-refractivity contribution in [1.82, 2.24) is 14.9 Å². The molecule has 0 fully saturated rings. The molecule has 2 radical (unpaired) electrons. The minimum Gasteiger partial charge on any atom is -0.339 e. The Morgan fingerprint density at radius 2 is 2.33 bits per heavy atom. The zero-order valence-corrected chi connectivity index (χ0v) is 9.62. The summed E-state index contributed by atoms with van der Waals surface area (Å²) in [5.74, 6) is 0.752. The van der Waals surface area contributed by atoms with Gasteiger partial charge in [-0.15, -0.1) is 0 Å². The summed E-state index contributed by atoms with van der Waals surface area (Å²) < 4.78 is 0. The van der Waals surface area contributed by atoms with Gasteiger partial charge in [-0.25, -0.2) is 4.98 Å². The Morgan fingerprint density at radius 1 is 1.60 bits per heavy atom. The van der Waals surface area contributed by atoms with E-state index in [1.807, 2.05) is 6.26 Å². The van der Waals surface area contributed by atoms with Gasteiger partial charge in [0.05, 0.1) is 11.9 Å². The van der Waals surface area contributed by atoms with Crippen molar-refractivity contribution < 1.29 is 4.79 Å². The van der Waals surface area contributed by atoms with Crippen LogP contribution in [0.15, 0.2) is 12.4 Å². The standard InChI is InChI=1S/C10H13N3OS/c1-8-6-11-7-9(12-8)10(14)13(2)4-5-15-3/h1,6-7H,4-5H2,2-3H3. The second-order valence-electron chi connectivity index (χ2n) is 3.05. The Bertz CT molecular complexity index is 343. The second-order valence-corrected chi connectivity index (χ2v) is 4.03. The van der Waals surface area contributed by atoms with Crippen LogP contribution in [0.1, 0.15) is 16.2 Å². The molecule has 0 saturated heterocycles. The lowest BCUT2D eigenvalue weighted by atomic mass is 10.3. The van der Waals surface area contributed by atoms with Gasteiger partial charge in [-0.3, -0.25) is 9.78 Å². The van der Waals surface area contributed by atoms with Gasteiger partial charge in [0.15, 0.2) is 0 Å². The third-order valence-electron chi connectivity index (χ3n) is 1.85. The highest BCUT2D eigenvalue weighted by Gasteiger charge is 2.12. The molecule has 1 heterocycles. The number of carbonyl (C=O) groups is 1. The van der Waals surface area contributed by atoms with Crippen LogP contribution in [-0.4, -0.2) is 46.4 Å². The molecule has 0 saturated carbocycles. The molecular formula is C10H13N3OS. The van der Waals surface area contributed by atoms with Crippen LogP contribution in [0, 0.1) is 6.92 Å². The molecule has 0 aliphatic carbocycles. The molecule has 0 N–H and O–H groups in total. The summed E-state index contributed by atoms with van der Waals surface area (Å²) in [7, 11) is 1.74. The van der Waals surface area contributed by atoms with Gasteiger partial charge in [0.2, 0.25) is 0 Å². The van der Waals surface area contributed by atoms with E-state index in [0.717, 1.165) is 5.75 Å². The van der Waals surface area contributed by atoms with E-state index in [1.165, 1.54) is 12.4 Å². The first-order chi connectivity index (χ1) is 7.15. The molecule has 0 aliphatic rings. The summed E-state index contributed by atoms with van der Waals surface area (Å²) in [6.07, 6.45) is 4.84. The molecule has 0 aromatic carbocycles. The van der Waals surface area contributed by atoms with E-state index in [-0.39, 0.29) is 11.6 Å². The van der Waals surface area contributed by atoms with Crippen LogP contribution in [0.4, 0.5) is 0 Å². The monoisotopic (exact) mass is 223 g/mol. The third kappa shape index (κ3) is 3.51. The summed E-state index contributed by atoms with van der Waals surface area (Å²) >= 11 is 1.69. The fourth-order valence-corrected chi connectivity index (χ4v) is 1.47. The van der Waals surface area contributed by atoms with Crippen LogP contribution in [0.3, 0.4) is 0 Å². The summed E-state index contributed by atoms with van der Waals surface area (Å²) in [4.78, 5) is 21.1. The maximum Gasteiger partial charge on any atom is 0.273 e. The molecule has 1 aromatic heterocycles. The smallest absolute Gasteiger partial charge is 0.273 e. The van der Waals surface area contributed by atoms with E-state index < -0.39 is 0 Å². The quantitative estimate of drug-likeness (QED) is 0.763. The van der Waals surface area contributed by atoms with Gasteiger partial charge in [-0.05, 0) is 6.26 Å². The molecule has 0 unspecified atom stereocenters. The van der Waals surface area contributed by atoms with Gasteiger partial charge in [-0.2, -0.15) is 11.8 Å². The number of nitrogens with zero attached hydrogens (tertiary/aromatic N) is 3. The normalized spacial score (nSPS) is 10.1. The Kier molecular flexibility index (Phi) is 4.55. The molecule has 1 amide bonds. The highest BCUT2D eigenvalue weighted by atomic mass is 32.2. The zero-order chi connectivity index (χ0) is 11.3. The fourth-order valence-electron chi connectivity index (χ4n) is 1.01. The van der Waals surface area contributed by atoms with Crippen LogP contribution in [0.25, 0.3) is 0 Å². The predicted molar refractivity (Wildman–Crippen MR) is 60.8 cm³/mol. The van der Waals surface area contributed by atoms with E-state index in [1.54, 1.807) is 23.7 Å². The Hall–Kier alpha value is -1.10. The third-order valence-corrected chi connectivity index (χ3v) is 2.44. The molecule has 0 aliphatic heterocycles. The lowest BCUT2D eigenvalue weighted by molar-refractivity contribution is 0.0797. The number of thioether (sulfide) groups is 1. The lowest BCUT2D eigenvalue weighted by Crippen LogP contribution is -2.29. The van der Waals surface area contributed by atoms with E-state index in [0.29, 0.717) is 12.2 Å². The van der Waals surface area contributed by atoms with Gasteiger partial charge >= 0.3 is 0 Å². The summed E-state index contributed by atoms with van der Waals surface area (Å²) in [6.45, 7) is 6.14. The molecular weight excluding hydrogens is 210 g/mol. The predicted octanol–water partition coefficient (Wildman–Crippen LogP) is 0.971. The Labute approximate surface area is 94.1 Å². The average molecular weight is 223 g/mol. The van der Waals surface area contributed by atoms with Crippen LogP contribution in [0.5, 0.6) is 0 Å². The number of amides is 1. The molecule has 0 atom stereocenters. The van der Waals surface area contributed by atoms with E-state index in [9.17, 15) is 4.79 Å². The van der Waals surface area contributed by atoms with E-state index >= 15 is 0 Å². The van der Waals surface area contributed by atoms with Crippen LogP contribution >= 0.6 is 11.8 Å². The first-order valence-corrected chi connectivity index (χ1v) is 5.86. The molecule has 1 aromatic rings. The first kappa shape index (κ1) is 12.0. The Balaban J connectivity index is 2.67. The molecule has 1 rings (SSSR count). The van der Waals surface area contributed by atoms with Crippen molar-refractivity contribution in [2.45, 2.75) is 0 Å². The lowest BCUT2D eigenvalue weighted by Gasteiger charge is -2.15. The van der Waals surface area contributed by atoms with Crippen LogP contribution in [-0.2, 0) is 0 Å². The minimum atomic E-state index is -0.149. The summed E-state index contributed by atoms with van der Waals surface area (Å²) in [6, 6.07) is 0. The van der Waals surface area contributed by atoms with Crippen molar-refractivity contribution in [3.8, 4) is 0 Å². The zero-order valence-electron chi connectivity index (χ0n) is 8.80. The molecule has 15 heavy (non-hydrogen) atoms. The maximum absolute atomic E-state index is 11.8. The van der Waals surface area contributed by atoms with Crippen molar-refractivity contribution in [3.63, 3.8) is 0 Å². The van der Waals surface area contributed by atoms with Crippen molar-refractivity contribution >= 4 is 17.7 Å². The van der Waals surface area contributed by atoms with Crippen LogP contribution in [0.2, 0.25) is 0 Å². The number of aromatic nitrogens is 2. The number of hydrogen-bond acceptors (Lipinski definition) is 4. The van der Waals surface area contributed by atoms with Gasteiger partial charge in [-0.1, -0.05) is 0 Å². The summed E-state index contributed by atoms with van der Waals surface area (Å²) in [5, 5.41) is 0. The highest BCUT2D eigenvalue weighted by Crippen LogP contribution is 2.01. The van der Waals surface area contributed by atoms with Gasteiger partial charge in [0, 0.05) is 32.5 Å². The van der Waals surface area contributed by atoms with Gasteiger partial charge in [0.1, 0.15) is 5.69 Å².